The fourth-order valence-electron chi connectivity index (χ4n) is 4.83. The number of hydrogen-bond donors (Lipinski definition) is 1. The summed E-state index contributed by atoms with van der Waals surface area (Å²) in [6.07, 6.45) is 6.33. The van der Waals surface area contributed by atoms with Gasteiger partial charge in [0, 0.05) is 43.4 Å². The number of carbonyl (C=O) groups is 1. The Balaban J connectivity index is 1.40. The third-order valence-corrected chi connectivity index (χ3v) is 6.38. The Morgan fingerprint density at radius 2 is 2.13 bits per heavy atom. The van der Waals surface area contributed by atoms with Gasteiger partial charge in [0.1, 0.15) is 17.6 Å². The van der Waals surface area contributed by atoms with E-state index >= 15 is 0 Å². The number of nitriles is 1. The van der Waals surface area contributed by atoms with Crippen LogP contribution in [0.1, 0.15) is 25.8 Å². The SMILES string of the molecule is CCOc1cc(-c2ccc(NC3C4CC3CN(C(C)=O)C4)nc2)c2c(C#N)cnn2c1. The van der Waals surface area contributed by atoms with E-state index in [2.05, 4.69) is 21.5 Å². The first-order chi connectivity index (χ1) is 15.1. The first kappa shape index (κ1) is 19.4. The predicted molar refractivity (Wildman–Crippen MR) is 116 cm³/mol. The summed E-state index contributed by atoms with van der Waals surface area (Å²) in [4.78, 5) is 18.2. The number of hydrogen-bond acceptors (Lipinski definition) is 6. The highest BCUT2D eigenvalue weighted by atomic mass is 16.5. The second-order valence-corrected chi connectivity index (χ2v) is 8.27. The Bertz CT molecular complexity index is 1170. The lowest BCUT2D eigenvalue weighted by Crippen LogP contribution is -2.62. The van der Waals surface area contributed by atoms with Crippen molar-refractivity contribution < 1.29 is 9.53 Å². The van der Waals surface area contributed by atoms with E-state index in [0.29, 0.717) is 35.8 Å². The molecule has 1 aliphatic heterocycles. The van der Waals surface area contributed by atoms with Crippen LogP contribution in [0.15, 0.2) is 36.8 Å². The van der Waals surface area contributed by atoms with E-state index in [1.165, 1.54) is 6.42 Å². The number of nitrogens with one attached hydrogen (secondary N) is 1. The van der Waals surface area contributed by atoms with Gasteiger partial charge >= 0.3 is 0 Å². The molecule has 1 N–H and O–H groups in total. The summed E-state index contributed by atoms with van der Waals surface area (Å²) in [7, 11) is 0. The van der Waals surface area contributed by atoms with Gasteiger partial charge in [-0.3, -0.25) is 4.79 Å². The van der Waals surface area contributed by atoms with E-state index in [1.807, 2.05) is 36.2 Å². The van der Waals surface area contributed by atoms with Crippen LogP contribution in [0.4, 0.5) is 5.82 Å². The molecular weight excluding hydrogens is 392 g/mol. The summed E-state index contributed by atoms with van der Waals surface area (Å²) in [5, 5.41) is 17.4. The third kappa shape index (κ3) is 3.36. The van der Waals surface area contributed by atoms with Crippen LogP contribution in [-0.2, 0) is 4.79 Å². The highest BCUT2D eigenvalue weighted by Crippen LogP contribution is 2.41. The first-order valence-electron chi connectivity index (χ1n) is 10.6. The maximum absolute atomic E-state index is 11.6. The van der Waals surface area contributed by atoms with E-state index in [9.17, 15) is 10.1 Å². The molecule has 0 spiro atoms. The highest BCUT2D eigenvalue weighted by molar-refractivity contribution is 5.85. The van der Waals surface area contributed by atoms with Crippen molar-refractivity contribution in [3.05, 3.63) is 42.4 Å². The number of ether oxygens (including phenoxy) is 1. The molecule has 2 aliphatic rings. The first-order valence-corrected chi connectivity index (χ1v) is 10.6. The van der Waals surface area contributed by atoms with Gasteiger partial charge in [0.15, 0.2) is 0 Å². The third-order valence-electron chi connectivity index (χ3n) is 6.38. The minimum atomic E-state index is 0.160. The Kier molecular flexibility index (Phi) is 4.74. The Morgan fingerprint density at radius 3 is 2.77 bits per heavy atom. The van der Waals surface area contributed by atoms with E-state index in [1.54, 1.807) is 23.8 Å². The van der Waals surface area contributed by atoms with Gasteiger partial charge in [-0.15, -0.1) is 0 Å². The smallest absolute Gasteiger partial charge is 0.219 e. The average molecular weight is 416 g/mol. The minimum Gasteiger partial charge on any atom is -0.492 e. The van der Waals surface area contributed by atoms with Crippen LogP contribution in [0.3, 0.4) is 0 Å². The molecule has 1 amide bonds. The van der Waals surface area contributed by atoms with Crippen molar-refractivity contribution in [2.75, 3.05) is 25.0 Å². The average Bonchev–Trinajstić information content (AvgIpc) is 3.20. The van der Waals surface area contributed by atoms with Gasteiger partial charge in [0.2, 0.25) is 5.91 Å². The molecule has 8 heteroatoms. The Morgan fingerprint density at radius 1 is 1.32 bits per heavy atom. The molecule has 0 radical (unpaired) electrons. The van der Waals surface area contributed by atoms with Crippen LogP contribution in [0.25, 0.3) is 16.6 Å². The Hall–Kier alpha value is -3.60. The lowest BCUT2D eigenvalue weighted by Gasteiger charge is -2.53. The van der Waals surface area contributed by atoms with Gasteiger partial charge in [-0.05, 0) is 43.4 Å². The molecule has 31 heavy (non-hydrogen) atoms. The number of pyridine rings is 2. The summed E-state index contributed by atoms with van der Waals surface area (Å²) in [6.45, 7) is 5.76. The van der Waals surface area contributed by atoms with E-state index in [0.717, 1.165) is 35.6 Å². The molecule has 3 aromatic rings. The lowest BCUT2D eigenvalue weighted by molar-refractivity contribution is -0.135. The number of nitrogens with zero attached hydrogens (tertiary/aromatic N) is 5. The van der Waals surface area contributed by atoms with Crippen molar-refractivity contribution in [2.45, 2.75) is 26.3 Å². The molecule has 5 rings (SSSR count). The Labute approximate surface area is 180 Å². The van der Waals surface area contributed by atoms with Gasteiger partial charge < -0.3 is 15.0 Å². The minimum absolute atomic E-state index is 0.160. The number of likely N-dealkylation sites (tertiary alicyclic amines) is 1. The number of rotatable bonds is 5. The summed E-state index contributed by atoms with van der Waals surface area (Å²) in [5.41, 5.74) is 3.01. The summed E-state index contributed by atoms with van der Waals surface area (Å²) in [6, 6.07) is 8.48. The number of fused-ring (bicyclic) bond motifs is 3. The van der Waals surface area contributed by atoms with Gasteiger partial charge in [-0.25, -0.2) is 9.50 Å². The van der Waals surface area contributed by atoms with Gasteiger partial charge in [-0.2, -0.15) is 10.4 Å². The molecule has 2 bridgehead atoms. The van der Waals surface area contributed by atoms with Crippen molar-refractivity contribution in [1.82, 2.24) is 19.5 Å². The largest absolute Gasteiger partial charge is 0.492 e. The number of piperidine rings is 2. The monoisotopic (exact) mass is 416 g/mol. The van der Waals surface area contributed by atoms with Crippen molar-refractivity contribution in [3.63, 3.8) is 0 Å². The number of anilines is 1. The quantitative estimate of drug-likeness (QED) is 0.687. The zero-order valence-electron chi connectivity index (χ0n) is 17.6. The van der Waals surface area contributed by atoms with Crippen molar-refractivity contribution in [2.24, 2.45) is 11.8 Å². The molecule has 1 saturated carbocycles. The molecule has 2 fully saturated rings. The van der Waals surface area contributed by atoms with Crippen molar-refractivity contribution in [1.29, 1.82) is 5.26 Å². The molecule has 2 atom stereocenters. The van der Waals surface area contributed by atoms with Crippen LogP contribution in [0.5, 0.6) is 5.75 Å². The molecule has 1 aliphatic carbocycles. The maximum atomic E-state index is 11.6. The number of carbonyl (C=O) groups excluding carboxylic acids is 1. The molecule has 0 aromatic carbocycles. The zero-order chi connectivity index (χ0) is 21.5. The highest BCUT2D eigenvalue weighted by Gasteiger charge is 2.47. The molecule has 158 valence electrons. The fraction of sp³-hybridized carbons (Fsp3) is 0.391. The topological polar surface area (TPSA) is 95.5 Å². The zero-order valence-corrected chi connectivity index (χ0v) is 17.6. The van der Waals surface area contributed by atoms with Gasteiger partial charge in [-0.1, -0.05) is 0 Å². The molecule has 1 saturated heterocycles. The van der Waals surface area contributed by atoms with Crippen LogP contribution in [-0.4, -0.2) is 51.1 Å². The van der Waals surface area contributed by atoms with Crippen LogP contribution in [0, 0.1) is 23.2 Å². The van der Waals surface area contributed by atoms with Crippen LogP contribution >= 0.6 is 0 Å². The maximum Gasteiger partial charge on any atom is 0.219 e. The normalized spacial score (nSPS) is 22.0. The molecule has 3 aromatic heterocycles. The van der Waals surface area contributed by atoms with Gasteiger partial charge in [0.25, 0.3) is 0 Å². The standard InChI is InChI=1S/C23H24N6O2/c1-3-31-19-7-20(23-18(8-24)10-26-29(23)13-19)15-4-5-21(25-9-15)27-22-16-6-17(22)12-28(11-16)14(2)30/h4-5,7,9-10,13,16-17,22H,3,6,11-12H2,1-2H3,(H,25,27). The molecule has 2 unspecified atom stereocenters. The molecular formula is C23H24N6O2. The van der Waals surface area contributed by atoms with E-state index in [4.69, 9.17) is 4.74 Å². The number of amides is 1. The molecule has 8 nitrogen and oxygen atoms in total. The second kappa shape index (κ2) is 7.58. The fourth-order valence-corrected chi connectivity index (χ4v) is 4.83. The van der Waals surface area contributed by atoms with E-state index in [-0.39, 0.29) is 5.91 Å². The second-order valence-electron chi connectivity index (χ2n) is 8.27. The summed E-state index contributed by atoms with van der Waals surface area (Å²) < 4.78 is 7.36. The molecule has 4 heterocycles. The lowest BCUT2D eigenvalue weighted by atomic mass is 9.66. The van der Waals surface area contributed by atoms with E-state index < -0.39 is 0 Å². The summed E-state index contributed by atoms with van der Waals surface area (Å²) >= 11 is 0. The number of aromatic nitrogens is 3. The van der Waals surface area contributed by atoms with Crippen LogP contribution < -0.4 is 10.1 Å². The summed E-state index contributed by atoms with van der Waals surface area (Å²) in [5.74, 6) is 2.64. The predicted octanol–water partition coefficient (Wildman–Crippen LogP) is 2.95. The van der Waals surface area contributed by atoms with Crippen molar-refractivity contribution >= 4 is 17.2 Å². The van der Waals surface area contributed by atoms with Crippen LogP contribution in [0.2, 0.25) is 0 Å². The van der Waals surface area contributed by atoms with Crippen molar-refractivity contribution in [3.8, 4) is 22.9 Å². The van der Waals surface area contributed by atoms with Gasteiger partial charge in [0.05, 0.1) is 30.1 Å².